The van der Waals surface area contributed by atoms with Crippen molar-refractivity contribution < 1.29 is 22.8 Å². The zero-order chi connectivity index (χ0) is 22.8. The Labute approximate surface area is 181 Å². The van der Waals surface area contributed by atoms with Gasteiger partial charge in [0.05, 0.1) is 39.4 Å². The summed E-state index contributed by atoms with van der Waals surface area (Å²) in [7, 11) is 3.08. The fourth-order valence-corrected chi connectivity index (χ4v) is 4.15. The fraction of sp³-hybridized carbons (Fsp3) is 0.591. The van der Waals surface area contributed by atoms with Crippen molar-refractivity contribution in [3.8, 4) is 11.8 Å². The molecular formula is C22H35N3O4S. The number of hydrogen-bond acceptors (Lipinski definition) is 4. The second kappa shape index (κ2) is 11.9. The molecule has 0 amide bonds. The third-order valence-electron chi connectivity index (χ3n) is 4.46. The van der Waals surface area contributed by atoms with Crippen LogP contribution < -0.4 is 14.1 Å². The highest BCUT2D eigenvalue weighted by Gasteiger charge is 2.27. The lowest BCUT2D eigenvalue weighted by Gasteiger charge is -2.31. The summed E-state index contributed by atoms with van der Waals surface area (Å²) in [6.45, 7) is 2.48. The van der Waals surface area contributed by atoms with Crippen LogP contribution in [-0.2, 0) is 15.0 Å². The third-order valence-corrected chi connectivity index (χ3v) is 6.02. The van der Waals surface area contributed by atoms with Gasteiger partial charge in [-0.2, -0.15) is 13.1 Å². The Morgan fingerprint density at radius 1 is 1.23 bits per heavy atom. The molecule has 0 saturated carbocycles. The van der Waals surface area contributed by atoms with Crippen molar-refractivity contribution in [1.29, 1.82) is 0 Å². The number of carboxylic acids is 1. The van der Waals surface area contributed by atoms with Gasteiger partial charge in [0.25, 0.3) is 0 Å². The highest BCUT2D eigenvalue weighted by molar-refractivity contribution is 7.90. The molecule has 1 rings (SSSR count). The van der Waals surface area contributed by atoms with Gasteiger partial charge in [-0.05, 0) is 24.6 Å². The average molecular weight is 438 g/mol. The molecule has 7 nitrogen and oxygen atoms in total. The summed E-state index contributed by atoms with van der Waals surface area (Å²) in [6, 6.07) is 6.21. The SMILES string of the molecule is CCCCCCC#Cc1cccc(N(C)S(=O)(=O)NC(CC(=O)[O-])C[N+](C)(C)C)c1. The van der Waals surface area contributed by atoms with E-state index in [9.17, 15) is 18.3 Å². The first kappa shape index (κ1) is 26.0. The number of anilines is 1. The standard InChI is InChI=1S/C22H35N3O4S/c1-6-7-8-9-10-11-13-19-14-12-15-21(16-19)24(2)30(28,29)23-20(17-22(26)27)18-25(3,4)5/h12,14-16,20,23H,6-10,17-18H2,1-5H3. The van der Waals surface area contributed by atoms with Gasteiger partial charge < -0.3 is 14.4 Å². The summed E-state index contributed by atoms with van der Waals surface area (Å²) in [5.41, 5.74) is 1.19. The lowest BCUT2D eigenvalue weighted by molar-refractivity contribution is -0.871. The molecule has 1 unspecified atom stereocenters. The number of carbonyl (C=O) groups is 1. The smallest absolute Gasteiger partial charge is 0.301 e. The predicted molar refractivity (Wildman–Crippen MR) is 119 cm³/mol. The quantitative estimate of drug-likeness (QED) is 0.305. The number of likely N-dealkylation sites (N-methyl/N-ethyl adjacent to an activating group) is 1. The van der Waals surface area contributed by atoms with Crippen LogP contribution in [0.15, 0.2) is 24.3 Å². The Morgan fingerprint density at radius 2 is 1.93 bits per heavy atom. The molecule has 0 aliphatic rings. The predicted octanol–water partition coefficient (Wildman–Crippen LogP) is 1.49. The fourth-order valence-electron chi connectivity index (χ4n) is 3.02. The first-order valence-electron chi connectivity index (χ1n) is 10.3. The number of unbranched alkanes of at least 4 members (excludes halogenated alkanes) is 4. The maximum absolute atomic E-state index is 12.8. The molecule has 0 aliphatic heterocycles. The van der Waals surface area contributed by atoms with E-state index in [1.807, 2.05) is 27.2 Å². The van der Waals surface area contributed by atoms with Gasteiger partial charge in [0.2, 0.25) is 0 Å². The minimum Gasteiger partial charge on any atom is -0.550 e. The van der Waals surface area contributed by atoms with Crippen molar-refractivity contribution >= 4 is 21.9 Å². The van der Waals surface area contributed by atoms with Crippen LogP contribution in [0.4, 0.5) is 5.69 Å². The molecule has 1 atom stereocenters. The Bertz CT molecular complexity index is 851. The third kappa shape index (κ3) is 10.1. The normalized spacial score (nSPS) is 12.7. The van der Waals surface area contributed by atoms with Crippen LogP contribution in [0.2, 0.25) is 0 Å². The number of hydrogen-bond donors (Lipinski definition) is 1. The monoisotopic (exact) mass is 437 g/mol. The van der Waals surface area contributed by atoms with Crippen molar-refractivity contribution in [3.05, 3.63) is 29.8 Å². The number of rotatable bonds is 12. The molecule has 1 aromatic carbocycles. The van der Waals surface area contributed by atoms with Crippen LogP contribution in [0.5, 0.6) is 0 Å². The topological polar surface area (TPSA) is 89.5 Å². The maximum atomic E-state index is 12.8. The Hall–Kier alpha value is -2.08. The van der Waals surface area contributed by atoms with Crippen LogP contribution >= 0.6 is 0 Å². The summed E-state index contributed by atoms with van der Waals surface area (Å²) in [6.07, 6.45) is 5.04. The van der Waals surface area contributed by atoms with Gasteiger partial charge in [-0.3, -0.25) is 4.31 Å². The molecule has 0 bridgehead atoms. The van der Waals surface area contributed by atoms with Gasteiger partial charge in [-0.1, -0.05) is 44.1 Å². The van der Waals surface area contributed by atoms with Crippen LogP contribution in [-0.4, -0.2) is 59.6 Å². The van der Waals surface area contributed by atoms with Gasteiger partial charge in [0.1, 0.15) is 0 Å². The molecule has 30 heavy (non-hydrogen) atoms. The Kier molecular flexibility index (Phi) is 10.3. The number of quaternary nitrogens is 1. The number of carbonyl (C=O) groups excluding carboxylic acids is 1. The molecule has 0 spiro atoms. The molecular weight excluding hydrogens is 402 g/mol. The van der Waals surface area contributed by atoms with Gasteiger partial charge in [0, 0.05) is 31.4 Å². The van der Waals surface area contributed by atoms with E-state index in [1.165, 1.54) is 19.9 Å². The number of nitrogens with one attached hydrogen (secondary N) is 1. The largest absolute Gasteiger partial charge is 0.550 e. The van der Waals surface area contributed by atoms with E-state index in [-0.39, 0.29) is 0 Å². The first-order chi connectivity index (χ1) is 13.9. The maximum Gasteiger partial charge on any atom is 0.301 e. The summed E-state index contributed by atoms with van der Waals surface area (Å²) in [4.78, 5) is 11.1. The average Bonchev–Trinajstić information content (AvgIpc) is 2.61. The van der Waals surface area contributed by atoms with Gasteiger partial charge >= 0.3 is 10.2 Å². The van der Waals surface area contributed by atoms with E-state index in [0.717, 1.165) is 29.1 Å². The number of aliphatic carboxylic acids is 1. The van der Waals surface area contributed by atoms with Crippen molar-refractivity contribution in [2.45, 2.75) is 51.5 Å². The molecule has 0 heterocycles. The molecule has 0 aromatic heterocycles. The van der Waals surface area contributed by atoms with E-state index >= 15 is 0 Å². The summed E-state index contributed by atoms with van der Waals surface area (Å²) in [5.74, 6) is 4.93. The molecule has 0 radical (unpaired) electrons. The number of carboxylic acid groups (broad SMARTS) is 1. The molecule has 0 saturated heterocycles. The van der Waals surface area contributed by atoms with Crippen molar-refractivity contribution in [1.82, 2.24) is 4.72 Å². The van der Waals surface area contributed by atoms with E-state index in [2.05, 4.69) is 23.5 Å². The van der Waals surface area contributed by atoms with E-state index in [0.29, 0.717) is 16.7 Å². The van der Waals surface area contributed by atoms with Crippen molar-refractivity contribution in [2.24, 2.45) is 0 Å². The van der Waals surface area contributed by atoms with Crippen LogP contribution in [0, 0.1) is 11.8 Å². The minimum atomic E-state index is -3.95. The Balaban J connectivity index is 2.90. The van der Waals surface area contributed by atoms with Crippen LogP contribution in [0.25, 0.3) is 0 Å². The highest BCUT2D eigenvalue weighted by Crippen LogP contribution is 2.18. The molecule has 0 fully saturated rings. The first-order valence-corrected chi connectivity index (χ1v) is 11.7. The van der Waals surface area contributed by atoms with Crippen molar-refractivity contribution in [3.63, 3.8) is 0 Å². The van der Waals surface area contributed by atoms with E-state index < -0.39 is 28.6 Å². The van der Waals surface area contributed by atoms with Crippen LogP contribution in [0.1, 0.15) is 51.0 Å². The van der Waals surface area contributed by atoms with Gasteiger partial charge in [-0.15, -0.1) is 0 Å². The molecule has 1 N–H and O–H groups in total. The van der Waals surface area contributed by atoms with Gasteiger partial charge in [0.15, 0.2) is 0 Å². The second-order valence-electron chi connectivity index (χ2n) is 8.50. The van der Waals surface area contributed by atoms with E-state index in [4.69, 9.17) is 0 Å². The second-order valence-corrected chi connectivity index (χ2v) is 10.2. The van der Waals surface area contributed by atoms with Crippen molar-refractivity contribution in [2.75, 3.05) is 39.0 Å². The molecule has 1 aromatic rings. The number of benzene rings is 1. The molecule has 0 aliphatic carbocycles. The van der Waals surface area contributed by atoms with E-state index in [1.54, 1.807) is 18.2 Å². The minimum absolute atomic E-state index is 0.310. The molecule has 8 heteroatoms. The summed E-state index contributed by atoms with van der Waals surface area (Å²) >= 11 is 0. The number of nitrogens with zero attached hydrogens (tertiary/aromatic N) is 2. The lowest BCUT2D eigenvalue weighted by atomic mass is 10.1. The summed E-state index contributed by atoms with van der Waals surface area (Å²) in [5, 5.41) is 11.1. The Morgan fingerprint density at radius 3 is 2.53 bits per heavy atom. The zero-order valence-electron chi connectivity index (χ0n) is 18.8. The molecule has 168 valence electrons. The highest BCUT2D eigenvalue weighted by atomic mass is 32.2. The van der Waals surface area contributed by atoms with Crippen LogP contribution in [0.3, 0.4) is 0 Å². The van der Waals surface area contributed by atoms with Gasteiger partial charge in [-0.25, -0.2) is 0 Å². The zero-order valence-corrected chi connectivity index (χ0v) is 19.6. The summed E-state index contributed by atoms with van der Waals surface area (Å²) < 4.78 is 29.7. The lowest BCUT2D eigenvalue weighted by Crippen LogP contribution is -2.53.